The minimum atomic E-state index is -1.56. The van der Waals surface area contributed by atoms with Crippen molar-refractivity contribution in [3.8, 4) is 11.5 Å². The Balaban J connectivity index is 1.23. The molecule has 42 heavy (non-hydrogen) atoms. The fourth-order valence-corrected chi connectivity index (χ4v) is 4.29. The number of aliphatic hydroxyl groups is 8. The first-order chi connectivity index (χ1) is 20.1. The Morgan fingerprint density at radius 2 is 1.12 bits per heavy atom. The van der Waals surface area contributed by atoms with Gasteiger partial charge in [-0.25, -0.2) is 4.79 Å². The minimum absolute atomic E-state index is 0.0463. The zero-order chi connectivity index (χ0) is 30.4. The number of esters is 1. The zero-order valence-corrected chi connectivity index (χ0v) is 22.2. The molecule has 0 saturated carbocycles. The van der Waals surface area contributed by atoms with E-state index in [4.69, 9.17) is 23.7 Å². The van der Waals surface area contributed by atoms with Crippen LogP contribution in [0.5, 0.6) is 11.5 Å². The first kappa shape index (κ1) is 31.8. The Bertz CT molecular complexity index is 1170. The van der Waals surface area contributed by atoms with E-state index >= 15 is 0 Å². The number of rotatable bonds is 10. The van der Waals surface area contributed by atoms with Crippen LogP contribution in [0.15, 0.2) is 54.6 Å². The highest BCUT2D eigenvalue weighted by Gasteiger charge is 2.45. The molecule has 8 N–H and O–H groups in total. The lowest BCUT2D eigenvalue weighted by Crippen LogP contribution is -2.60. The van der Waals surface area contributed by atoms with E-state index in [-0.39, 0.29) is 18.1 Å². The summed E-state index contributed by atoms with van der Waals surface area (Å²) >= 11 is 0. The molecule has 0 aliphatic carbocycles. The fraction of sp³-hybridized carbons (Fsp3) is 0.464. The third kappa shape index (κ3) is 7.62. The molecule has 2 heterocycles. The molecular weight excluding hydrogens is 560 g/mol. The fourth-order valence-electron chi connectivity index (χ4n) is 4.29. The summed E-state index contributed by atoms with van der Waals surface area (Å²) in [6, 6.07) is 12.6. The van der Waals surface area contributed by atoms with Gasteiger partial charge >= 0.3 is 5.97 Å². The van der Waals surface area contributed by atoms with E-state index in [1.807, 2.05) is 0 Å². The summed E-state index contributed by atoms with van der Waals surface area (Å²) in [5.41, 5.74) is 1.26. The Morgan fingerprint density at radius 1 is 0.667 bits per heavy atom. The van der Waals surface area contributed by atoms with Crippen molar-refractivity contribution in [3.05, 3.63) is 65.7 Å². The second-order valence-electron chi connectivity index (χ2n) is 9.78. The molecule has 0 aromatic heterocycles. The molecule has 10 unspecified atom stereocenters. The van der Waals surface area contributed by atoms with Crippen molar-refractivity contribution in [2.45, 2.75) is 68.0 Å². The SMILES string of the molecule is O=C(C=Cc1ccc(OC2OC(CO)C(O)C(O)C2O)cc1)OCc1ccc(OC2OC(CO)C(O)C(O)C2O)cc1. The second kappa shape index (κ2) is 14.3. The van der Waals surface area contributed by atoms with Crippen LogP contribution in [0, 0.1) is 0 Å². The Morgan fingerprint density at radius 3 is 1.57 bits per heavy atom. The van der Waals surface area contributed by atoms with E-state index < -0.39 is 80.6 Å². The second-order valence-corrected chi connectivity index (χ2v) is 9.78. The first-order valence-electron chi connectivity index (χ1n) is 13.1. The van der Waals surface area contributed by atoms with Crippen LogP contribution in [0.2, 0.25) is 0 Å². The first-order valence-corrected chi connectivity index (χ1v) is 13.1. The van der Waals surface area contributed by atoms with Gasteiger partial charge in [-0.15, -0.1) is 0 Å². The maximum atomic E-state index is 12.2. The van der Waals surface area contributed by atoms with Gasteiger partial charge < -0.3 is 64.5 Å². The highest BCUT2D eigenvalue weighted by molar-refractivity contribution is 5.87. The van der Waals surface area contributed by atoms with Gasteiger partial charge in [0.15, 0.2) is 0 Å². The van der Waals surface area contributed by atoms with Gasteiger partial charge in [0.05, 0.1) is 13.2 Å². The molecule has 0 spiro atoms. The van der Waals surface area contributed by atoms with Crippen molar-refractivity contribution in [3.63, 3.8) is 0 Å². The Hall–Kier alpha value is -3.15. The zero-order valence-electron chi connectivity index (χ0n) is 22.2. The Kier molecular flexibility index (Phi) is 10.9. The third-order valence-electron chi connectivity index (χ3n) is 6.80. The molecule has 2 saturated heterocycles. The van der Waals surface area contributed by atoms with Crippen molar-refractivity contribution in [1.29, 1.82) is 0 Å². The van der Waals surface area contributed by atoms with Crippen LogP contribution in [0.3, 0.4) is 0 Å². The van der Waals surface area contributed by atoms with Gasteiger partial charge in [0.1, 0.15) is 66.9 Å². The van der Waals surface area contributed by atoms with Gasteiger partial charge in [0.2, 0.25) is 12.6 Å². The summed E-state index contributed by atoms with van der Waals surface area (Å²) in [5, 5.41) is 78.2. The van der Waals surface area contributed by atoms with Gasteiger partial charge in [0.25, 0.3) is 0 Å². The number of carbonyl (C=O) groups is 1. The number of benzene rings is 2. The quantitative estimate of drug-likeness (QED) is 0.108. The minimum Gasteiger partial charge on any atom is -0.462 e. The van der Waals surface area contributed by atoms with E-state index in [1.165, 1.54) is 24.3 Å². The topological polar surface area (TPSA) is 225 Å². The molecule has 230 valence electrons. The van der Waals surface area contributed by atoms with Crippen molar-refractivity contribution in [2.24, 2.45) is 0 Å². The lowest BCUT2D eigenvalue weighted by molar-refractivity contribution is -0.277. The Labute approximate surface area is 240 Å². The summed E-state index contributed by atoms with van der Waals surface area (Å²) in [6.45, 7) is -1.19. The van der Waals surface area contributed by atoms with E-state index in [1.54, 1.807) is 36.4 Å². The molecule has 10 atom stereocenters. The van der Waals surface area contributed by atoms with Crippen LogP contribution >= 0.6 is 0 Å². The molecule has 0 amide bonds. The normalized spacial score (nSPS) is 33.3. The molecule has 14 nitrogen and oxygen atoms in total. The van der Waals surface area contributed by atoms with Crippen LogP contribution in [-0.2, 0) is 25.6 Å². The van der Waals surface area contributed by atoms with E-state index in [0.29, 0.717) is 11.1 Å². The molecule has 2 aromatic carbocycles. The van der Waals surface area contributed by atoms with Gasteiger partial charge in [0, 0.05) is 6.08 Å². The molecule has 0 bridgehead atoms. The molecule has 14 heteroatoms. The number of carbonyl (C=O) groups excluding carboxylic acids is 1. The molecule has 2 aliphatic heterocycles. The third-order valence-corrected chi connectivity index (χ3v) is 6.80. The smallest absolute Gasteiger partial charge is 0.331 e. The maximum absolute atomic E-state index is 12.2. The summed E-state index contributed by atoms with van der Waals surface area (Å²) in [4.78, 5) is 12.2. The number of hydrogen-bond donors (Lipinski definition) is 8. The maximum Gasteiger partial charge on any atom is 0.331 e. The summed E-state index contributed by atoms with van der Waals surface area (Å²) in [7, 11) is 0. The number of hydrogen-bond acceptors (Lipinski definition) is 14. The van der Waals surface area contributed by atoms with Gasteiger partial charge in [-0.1, -0.05) is 24.3 Å². The van der Waals surface area contributed by atoms with Crippen LogP contribution in [-0.4, -0.2) is 121 Å². The summed E-state index contributed by atoms with van der Waals surface area (Å²) < 4.78 is 26.9. The highest BCUT2D eigenvalue weighted by atomic mass is 16.7. The average molecular weight is 595 g/mol. The molecule has 2 fully saturated rings. The predicted molar refractivity (Wildman–Crippen MR) is 141 cm³/mol. The van der Waals surface area contributed by atoms with E-state index in [2.05, 4.69) is 0 Å². The standard InChI is InChI=1S/C28H34O14/c29-11-18-21(32)23(34)25(36)27(41-18)39-16-6-1-14(2-7-16)5-10-20(31)38-13-15-3-8-17(9-4-15)40-28-26(37)24(35)22(33)19(12-30)42-28/h1-10,18-19,21-30,32-37H,11-13H2. The van der Waals surface area contributed by atoms with Crippen molar-refractivity contribution < 1.29 is 69.3 Å². The van der Waals surface area contributed by atoms with Gasteiger partial charge in [-0.3, -0.25) is 0 Å². The molecule has 2 aromatic rings. The largest absolute Gasteiger partial charge is 0.462 e. The van der Waals surface area contributed by atoms with E-state index in [0.717, 1.165) is 0 Å². The van der Waals surface area contributed by atoms with Crippen molar-refractivity contribution in [2.75, 3.05) is 13.2 Å². The van der Waals surface area contributed by atoms with Crippen LogP contribution in [0.4, 0.5) is 0 Å². The average Bonchev–Trinajstić information content (AvgIpc) is 3.00. The van der Waals surface area contributed by atoms with Crippen molar-refractivity contribution >= 4 is 12.0 Å². The monoisotopic (exact) mass is 594 g/mol. The molecule has 4 rings (SSSR count). The van der Waals surface area contributed by atoms with Crippen LogP contribution in [0.25, 0.3) is 6.08 Å². The van der Waals surface area contributed by atoms with Crippen LogP contribution in [0.1, 0.15) is 11.1 Å². The lowest BCUT2D eigenvalue weighted by atomic mass is 9.99. The van der Waals surface area contributed by atoms with Gasteiger partial charge in [-0.2, -0.15) is 0 Å². The molecular formula is C28H34O14. The lowest BCUT2D eigenvalue weighted by Gasteiger charge is -2.39. The summed E-state index contributed by atoms with van der Waals surface area (Å²) in [5.74, 6) is -0.0652. The van der Waals surface area contributed by atoms with Crippen molar-refractivity contribution in [1.82, 2.24) is 0 Å². The molecule has 0 radical (unpaired) electrons. The summed E-state index contributed by atoms with van der Waals surface area (Å²) in [6.07, 6.45) is -11.3. The highest BCUT2D eigenvalue weighted by Crippen LogP contribution is 2.26. The van der Waals surface area contributed by atoms with Crippen LogP contribution < -0.4 is 9.47 Å². The van der Waals surface area contributed by atoms with E-state index in [9.17, 15) is 45.6 Å². The molecule has 2 aliphatic rings. The number of ether oxygens (including phenoxy) is 5. The van der Waals surface area contributed by atoms with Gasteiger partial charge in [-0.05, 0) is 41.5 Å². The number of aliphatic hydroxyl groups excluding tert-OH is 8. The predicted octanol–water partition coefficient (Wildman–Crippen LogP) is -2.20.